The van der Waals surface area contributed by atoms with Crippen LogP contribution in [0, 0.1) is 11.6 Å². The third-order valence-electron chi connectivity index (χ3n) is 2.75. The second-order valence-corrected chi connectivity index (χ2v) is 6.17. The van der Waals surface area contributed by atoms with Gasteiger partial charge in [0.1, 0.15) is 16.4 Å². The number of amides is 1. The van der Waals surface area contributed by atoms with Crippen molar-refractivity contribution in [1.82, 2.24) is 10.0 Å². The highest BCUT2D eigenvalue weighted by atomic mass is 32.2. The number of nitrogens with one attached hydrogen (secondary N) is 2. The number of anilines is 1. The normalized spacial score (nSPS) is 15.1. The molecule has 20 heavy (non-hydrogen) atoms. The van der Waals surface area contributed by atoms with Gasteiger partial charge in [0.2, 0.25) is 15.9 Å². The number of carbonyl (C=O) groups is 1. The smallest absolute Gasteiger partial charge is 0.244 e. The maximum atomic E-state index is 13.6. The Morgan fingerprint density at radius 1 is 1.35 bits per heavy atom. The summed E-state index contributed by atoms with van der Waals surface area (Å²) in [5.41, 5.74) is 4.21. The lowest BCUT2D eigenvalue weighted by Gasteiger charge is -2.09. The van der Waals surface area contributed by atoms with E-state index < -0.39 is 44.7 Å². The van der Waals surface area contributed by atoms with Crippen LogP contribution in [0.2, 0.25) is 0 Å². The number of halogens is 2. The van der Waals surface area contributed by atoms with E-state index in [-0.39, 0.29) is 6.04 Å². The predicted molar refractivity (Wildman–Crippen MR) is 67.1 cm³/mol. The largest absolute Gasteiger partial charge is 0.394 e. The molecular formula is C11H13F2N3O3S. The Hall–Kier alpha value is -1.74. The average Bonchev–Trinajstić information content (AvgIpc) is 3.17. The number of hydrogen-bond donors (Lipinski definition) is 3. The van der Waals surface area contributed by atoms with Crippen LogP contribution in [0.15, 0.2) is 17.0 Å². The summed E-state index contributed by atoms with van der Waals surface area (Å²) in [7, 11) is -4.27. The van der Waals surface area contributed by atoms with Gasteiger partial charge in [-0.15, -0.1) is 0 Å². The van der Waals surface area contributed by atoms with Gasteiger partial charge in [-0.25, -0.2) is 21.9 Å². The van der Waals surface area contributed by atoms with E-state index in [0.29, 0.717) is 0 Å². The fraction of sp³-hybridized carbons (Fsp3) is 0.364. The molecule has 1 aliphatic carbocycles. The van der Waals surface area contributed by atoms with Crippen molar-refractivity contribution < 1.29 is 22.0 Å². The maximum Gasteiger partial charge on any atom is 0.244 e. The standard InChI is InChI=1S/C11H13F2N3O3S/c12-7-3-4-8(10(13)11(7)14)20(18,19)15-5-9(17)16-6-1-2-6/h3-4,6,15H,1-2,5,14H2,(H,16,17). The van der Waals surface area contributed by atoms with E-state index in [2.05, 4.69) is 5.32 Å². The van der Waals surface area contributed by atoms with E-state index in [1.54, 1.807) is 0 Å². The Bertz CT molecular complexity index is 645. The van der Waals surface area contributed by atoms with Crippen LogP contribution >= 0.6 is 0 Å². The van der Waals surface area contributed by atoms with Gasteiger partial charge in [0.05, 0.1) is 6.54 Å². The lowest BCUT2D eigenvalue weighted by atomic mass is 10.3. The summed E-state index contributed by atoms with van der Waals surface area (Å²) < 4.78 is 52.2. The molecule has 0 atom stereocenters. The number of nitrogen functional groups attached to an aromatic ring is 1. The summed E-state index contributed by atoms with van der Waals surface area (Å²) in [5, 5.41) is 2.57. The average molecular weight is 305 g/mol. The number of hydrogen-bond acceptors (Lipinski definition) is 4. The molecule has 1 fully saturated rings. The number of nitrogens with two attached hydrogens (primary N) is 1. The third kappa shape index (κ3) is 3.23. The van der Waals surface area contributed by atoms with Gasteiger partial charge >= 0.3 is 0 Å². The Balaban J connectivity index is 2.09. The molecule has 6 nitrogen and oxygen atoms in total. The van der Waals surface area contributed by atoms with E-state index in [4.69, 9.17) is 5.73 Å². The summed E-state index contributed by atoms with van der Waals surface area (Å²) in [6.45, 7) is -0.518. The quantitative estimate of drug-likeness (QED) is 0.672. The molecular weight excluding hydrogens is 292 g/mol. The minimum absolute atomic E-state index is 0.0882. The Morgan fingerprint density at radius 2 is 2.00 bits per heavy atom. The van der Waals surface area contributed by atoms with Gasteiger partial charge in [-0.3, -0.25) is 4.79 Å². The summed E-state index contributed by atoms with van der Waals surface area (Å²) in [6, 6.07) is 1.59. The molecule has 0 aromatic heterocycles. The van der Waals surface area contributed by atoms with Gasteiger partial charge in [-0.1, -0.05) is 0 Å². The zero-order valence-electron chi connectivity index (χ0n) is 10.3. The molecule has 1 amide bonds. The van der Waals surface area contributed by atoms with Crippen molar-refractivity contribution in [2.75, 3.05) is 12.3 Å². The number of sulfonamides is 1. The Kier molecular flexibility index (Phi) is 3.91. The Morgan fingerprint density at radius 3 is 2.60 bits per heavy atom. The van der Waals surface area contributed by atoms with E-state index >= 15 is 0 Å². The van der Waals surface area contributed by atoms with Gasteiger partial charge < -0.3 is 11.1 Å². The van der Waals surface area contributed by atoms with Gasteiger partial charge in [-0.05, 0) is 25.0 Å². The Labute approximate surface area is 114 Å². The van der Waals surface area contributed by atoms with Crippen molar-refractivity contribution >= 4 is 21.6 Å². The number of carbonyl (C=O) groups excluding carboxylic acids is 1. The molecule has 0 bridgehead atoms. The van der Waals surface area contributed by atoms with Gasteiger partial charge in [0.15, 0.2) is 5.82 Å². The third-order valence-corrected chi connectivity index (χ3v) is 4.16. The van der Waals surface area contributed by atoms with Gasteiger partial charge in [0.25, 0.3) is 0 Å². The predicted octanol–water partition coefficient (Wildman–Crippen LogP) is 0.104. The highest BCUT2D eigenvalue weighted by Crippen LogP contribution is 2.22. The number of rotatable bonds is 5. The minimum Gasteiger partial charge on any atom is -0.394 e. The molecule has 0 unspecified atom stereocenters. The summed E-state index contributed by atoms with van der Waals surface area (Å²) >= 11 is 0. The summed E-state index contributed by atoms with van der Waals surface area (Å²) in [6.07, 6.45) is 1.73. The van der Waals surface area contributed by atoms with Gasteiger partial charge in [-0.2, -0.15) is 0 Å². The van der Waals surface area contributed by atoms with E-state index in [0.717, 1.165) is 25.0 Å². The zero-order chi connectivity index (χ0) is 14.9. The zero-order valence-corrected chi connectivity index (χ0v) is 11.1. The second-order valence-electron chi connectivity index (χ2n) is 4.44. The van der Waals surface area contributed by atoms with E-state index in [1.807, 2.05) is 4.72 Å². The van der Waals surface area contributed by atoms with Crippen molar-refractivity contribution in [3.8, 4) is 0 Å². The van der Waals surface area contributed by atoms with E-state index in [1.165, 1.54) is 0 Å². The lowest BCUT2D eigenvalue weighted by Crippen LogP contribution is -2.38. The van der Waals surface area contributed by atoms with Crippen LogP contribution in [-0.2, 0) is 14.8 Å². The van der Waals surface area contributed by atoms with Crippen LogP contribution in [0.5, 0.6) is 0 Å². The molecule has 0 spiro atoms. The molecule has 9 heteroatoms. The van der Waals surface area contributed by atoms with Crippen LogP contribution in [0.1, 0.15) is 12.8 Å². The second kappa shape index (κ2) is 5.33. The molecule has 0 saturated heterocycles. The fourth-order valence-corrected chi connectivity index (χ4v) is 2.57. The molecule has 2 rings (SSSR count). The molecule has 1 aromatic carbocycles. The highest BCUT2D eigenvalue weighted by molar-refractivity contribution is 7.89. The monoisotopic (exact) mass is 305 g/mol. The van der Waals surface area contributed by atoms with Crippen LogP contribution in [0.3, 0.4) is 0 Å². The molecule has 110 valence electrons. The first-order chi connectivity index (χ1) is 9.31. The number of benzene rings is 1. The first-order valence-corrected chi connectivity index (χ1v) is 7.32. The minimum atomic E-state index is -4.27. The van der Waals surface area contributed by atoms with Gasteiger partial charge in [0, 0.05) is 6.04 Å². The van der Waals surface area contributed by atoms with Crippen molar-refractivity contribution in [2.24, 2.45) is 0 Å². The molecule has 0 aliphatic heterocycles. The molecule has 1 aliphatic rings. The van der Waals surface area contributed by atoms with Crippen molar-refractivity contribution in [3.63, 3.8) is 0 Å². The van der Waals surface area contributed by atoms with Crippen LogP contribution < -0.4 is 15.8 Å². The molecule has 1 aromatic rings. The topological polar surface area (TPSA) is 101 Å². The van der Waals surface area contributed by atoms with Crippen LogP contribution in [0.4, 0.5) is 14.5 Å². The SMILES string of the molecule is Nc1c(F)ccc(S(=O)(=O)NCC(=O)NC2CC2)c1F. The van der Waals surface area contributed by atoms with Crippen molar-refractivity contribution in [2.45, 2.75) is 23.8 Å². The fourth-order valence-electron chi connectivity index (χ4n) is 1.50. The summed E-state index contributed by atoms with van der Waals surface area (Å²) in [5.74, 6) is -2.93. The van der Waals surface area contributed by atoms with Crippen molar-refractivity contribution in [1.29, 1.82) is 0 Å². The highest BCUT2D eigenvalue weighted by Gasteiger charge is 2.26. The maximum absolute atomic E-state index is 13.6. The van der Waals surface area contributed by atoms with Crippen molar-refractivity contribution in [3.05, 3.63) is 23.8 Å². The molecule has 1 saturated carbocycles. The molecule has 0 heterocycles. The van der Waals surface area contributed by atoms with Crippen LogP contribution in [-0.4, -0.2) is 26.9 Å². The molecule has 0 radical (unpaired) electrons. The van der Waals surface area contributed by atoms with E-state index in [9.17, 15) is 22.0 Å². The first kappa shape index (κ1) is 14.7. The first-order valence-electron chi connectivity index (χ1n) is 5.84. The summed E-state index contributed by atoms with van der Waals surface area (Å²) in [4.78, 5) is 10.6. The molecule has 4 N–H and O–H groups in total. The lowest BCUT2D eigenvalue weighted by molar-refractivity contribution is -0.120. The van der Waals surface area contributed by atoms with Crippen LogP contribution in [0.25, 0.3) is 0 Å².